The molecule has 1 aliphatic rings. The van der Waals surface area contributed by atoms with Crippen molar-refractivity contribution in [1.29, 1.82) is 0 Å². The standard InChI is InChI=1S/C15H23N3O2/c1-3-4-5-15(19)18-10-7-13(8-11-18)20-14-6-9-16-12(2)17-14/h6,9,13H,3-5,7-8,10-11H2,1-2H3. The van der Waals surface area contributed by atoms with E-state index in [1.165, 1.54) is 0 Å². The molecule has 0 bridgehead atoms. The fraction of sp³-hybridized carbons (Fsp3) is 0.667. The van der Waals surface area contributed by atoms with E-state index in [0.29, 0.717) is 12.3 Å². The highest BCUT2D eigenvalue weighted by atomic mass is 16.5. The van der Waals surface area contributed by atoms with Gasteiger partial charge in [0.25, 0.3) is 0 Å². The van der Waals surface area contributed by atoms with Gasteiger partial charge in [-0.25, -0.2) is 4.98 Å². The predicted octanol–water partition coefficient (Wildman–Crippen LogP) is 2.35. The lowest BCUT2D eigenvalue weighted by atomic mass is 10.1. The van der Waals surface area contributed by atoms with E-state index in [0.717, 1.165) is 44.6 Å². The number of unbranched alkanes of at least 4 members (excludes halogenated alkanes) is 1. The highest BCUT2D eigenvalue weighted by Gasteiger charge is 2.23. The van der Waals surface area contributed by atoms with E-state index in [-0.39, 0.29) is 12.0 Å². The molecule has 0 radical (unpaired) electrons. The number of aromatic nitrogens is 2. The quantitative estimate of drug-likeness (QED) is 0.829. The lowest BCUT2D eigenvalue weighted by Crippen LogP contribution is -2.41. The van der Waals surface area contributed by atoms with Crippen LogP contribution in [0.4, 0.5) is 0 Å². The van der Waals surface area contributed by atoms with Gasteiger partial charge in [0.15, 0.2) is 0 Å². The van der Waals surface area contributed by atoms with Gasteiger partial charge in [-0.1, -0.05) is 13.3 Å². The first-order chi connectivity index (χ1) is 9.69. The van der Waals surface area contributed by atoms with E-state index in [2.05, 4.69) is 16.9 Å². The molecule has 20 heavy (non-hydrogen) atoms. The summed E-state index contributed by atoms with van der Waals surface area (Å²) in [5.74, 6) is 1.63. The second kappa shape index (κ2) is 7.22. The molecule has 1 amide bonds. The van der Waals surface area contributed by atoms with Gasteiger partial charge >= 0.3 is 0 Å². The van der Waals surface area contributed by atoms with Crippen molar-refractivity contribution in [2.24, 2.45) is 0 Å². The Labute approximate surface area is 120 Å². The monoisotopic (exact) mass is 277 g/mol. The van der Waals surface area contributed by atoms with Crippen molar-refractivity contribution in [1.82, 2.24) is 14.9 Å². The summed E-state index contributed by atoms with van der Waals surface area (Å²) in [6.07, 6.45) is 6.34. The zero-order chi connectivity index (χ0) is 14.4. The third-order valence-corrected chi connectivity index (χ3v) is 3.58. The van der Waals surface area contributed by atoms with Gasteiger partial charge < -0.3 is 9.64 Å². The fourth-order valence-corrected chi connectivity index (χ4v) is 2.38. The first kappa shape index (κ1) is 14.8. The number of carbonyl (C=O) groups is 1. The maximum atomic E-state index is 11.9. The van der Waals surface area contributed by atoms with Gasteiger partial charge in [-0.05, 0) is 13.3 Å². The van der Waals surface area contributed by atoms with Crippen LogP contribution >= 0.6 is 0 Å². The molecule has 5 nitrogen and oxygen atoms in total. The Balaban J connectivity index is 1.78. The number of piperidine rings is 1. The van der Waals surface area contributed by atoms with Crippen LogP contribution in [0.5, 0.6) is 5.88 Å². The van der Waals surface area contributed by atoms with Gasteiger partial charge in [-0.15, -0.1) is 0 Å². The second-order valence-electron chi connectivity index (χ2n) is 5.24. The van der Waals surface area contributed by atoms with Crippen LogP contribution in [0.15, 0.2) is 12.3 Å². The van der Waals surface area contributed by atoms with Crippen molar-refractivity contribution in [2.45, 2.75) is 52.1 Å². The molecule has 0 aliphatic carbocycles. The first-order valence-electron chi connectivity index (χ1n) is 7.43. The van der Waals surface area contributed by atoms with Crippen molar-refractivity contribution >= 4 is 5.91 Å². The minimum absolute atomic E-state index is 0.152. The van der Waals surface area contributed by atoms with E-state index >= 15 is 0 Å². The van der Waals surface area contributed by atoms with Crippen molar-refractivity contribution < 1.29 is 9.53 Å². The van der Waals surface area contributed by atoms with Crippen LogP contribution < -0.4 is 4.74 Å². The highest BCUT2D eigenvalue weighted by Crippen LogP contribution is 2.18. The molecule has 0 saturated carbocycles. The van der Waals surface area contributed by atoms with Crippen molar-refractivity contribution in [3.8, 4) is 5.88 Å². The van der Waals surface area contributed by atoms with Crippen LogP contribution in [0.3, 0.4) is 0 Å². The van der Waals surface area contributed by atoms with Crippen molar-refractivity contribution in [3.05, 3.63) is 18.1 Å². The van der Waals surface area contributed by atoms with E-state index in [4.69, 9.17) is 4.74 Å². The average molecular weight is 277 g/mol. The number of rotatable bonds is 5. The highest BCUT2D eigenvalue weighted by molar-refractivity contribution is 5.76. The molecule has 0 N–H and O–H groups in total. The summed E-state index contributed by atoms with van der Waals surface area (Å²) in [6, 6.07) is 1.78. The molecular weight excluding hydrogens is 254 g/mol. The first-order valence-corrected chi connectivity index (χ1v) is 7.43. The Kier molecular flexibility index (Phi) is 5.32. The van der Waals surface area contributed by atoms with E-state index in [1.807, 2.05) is 11.8 Å². The molecule has 0 spiro atoms. The van der Waals surface area contributed by atoms with Gasteiger partial charge in [-0.2, -0.15) is 4.98 Å². The van der Waals surface area contributed by atoms with Crippen LogP contribution in [-0.2, 0) is 4.79 Å². The molecular formula is C15H23N3O2. The number of carbonyl (C=O) groups excluding carboxylic acids is 1. The molecule has 2 heterocycles. The van der Waals surface area contributed by atoms with Crippen molar-refractivity contribution in [2.75, 3.05) is 13.1 Å². The second-order valence-corrected chi connectivity index (χ2v) is 5.24. The molecule has 110 valence electrons. The largest absolute Gasteiger partial charge is 0.474 e. The smallest absolute Gasteiger partial charge is 0.222 e. The third kappa shape index (κ3) is 4.18. The molecule has 0 atom stereocenters. The number of hydrogen-bond acceptors (Lipinski definition) is 4. The average Bonchev–Trinajstić information content (AvgIpc) is 2.45. The summed E-state index contributed by atoms with van der Waals surface area (Å²) >= 11 is 0. The van der Waals surface area contributed by atoms with Gasteiger partial charge in [0.05, 0.1) is 0 Å². The Morgan fingerprint density at radius 2 is 2.20 bits per heavy atom. The molecule has 1 saturated heterocycles. The molecule has 1 aliphatic heterocycles. The molecule has 1 fully saturated rings. The lowest BCUT2D eigenvalue weighted by molar-refractivity contribution is -0.133. The number of amides is 1. The third-order valence-electron chi connectivity index (χ3n) is 3.58. The Morgan fingerprint density at radius 3 is 2.85 bits per heavy atom. The summed E-state index contributed by atoms with van der Waals surface area (Å²) in [6.45, 7) is 5.54. The zero-order valence-corrected chi connectivity index (χ0v) is 12.3. The summed E-state index contributed by atoms with van der Waals surface area (Å²) in [5, 5.41) is 0. The summed E-state index contributed by atoms with van der Waals surface area (Å²) < 4.78 is 5.86. The van der Waals surface area contributed by atoms with E-state index in [9.17, 15) is 4.79 Å². The SMILES string of the molecule is CCCCC(=O)N1CCC(Oc2ccnc(C)n2)CC1. The summed E-state index contributed by atoms with van der Waals surface area (Å²) in [7, 11) is 0. The molecule has 0 unspecified atom stereocenters. The van der Waals surface area contributed by atoms with Gasteiger partial charge in [0, 0.05) is 44.6 Å². The van der Waals surface area contributed by atoms with Gasteiger partial charge in [0.1, 0.15) is 11.9 Å². The topological polar surface area (TPSA) is 55.3 Å². The van der Waals surface area contributed by atoms with Crippen molar-refractivity contribution in [3.63, 3.8) is 0 Å². The molecule has 1 aromatic heterocycles. The summed E-state index contributed by atoms with van der Waals surface area (Å²) in [4.78, 5) is 22.2. The minimum atomic E-state index is 0.152. The summed E-state index contributed by atoms with van der Waals surface area (Å²) in [5.41, 5.74) is 0. The molecule has 1 aromatic rings. The molecule has 0 aromatic carbocycles. The number of hydrogen-bond donors (Lipinski definition) is 0. The predicted molar refractivity (Wildman–Crippen MR) is 76.5 cm³/mol. The number of likely N-dealkylation sites (tertiary alicyclic amines) is 1. The Morgan fingerprint density at radius 1 is 1.45 bits per heavy atom. The van der Waals surface area contributed by atoms with Gasteiger partial charge in [-0.3, -0.25) is 4.79 Å². The Hall–Kier alpha value is -1.65. The number of ether oxygens (including phenoxy) is 1. The molecule has 2 rings (SSSR count). The normalized spacial score (nSPS) is 16.2. The minimum Gasteiger partial charge on any atom is -0.474 e. The van der Waals surface area contributed by atoms with Crippen LogP contribution in [0.1, 0.15) is 44.9 Å². The van der Waals surface area contributed by atoms with E-state index in [1.54, 1.807) is 12.3 Å². The van der Waals surface area contributed by atoms with Crippen LogP contribution in [-0.4, -0.2) is 40.0 Å². The Bertz CT molecular complexity index is 442. The van der Waals surface area contributed by atoms with Crippen LogP contribution in [0, 0.1) is 6.92 Å². The maximum Gasteiger partial charge on any atom is 0.222 e. The van der Waals surface area contributed by atoms with Gasteiger partial charge in [0.2, 0.25) is 11.8 Å². The number of nitrogens with zero attached hydrogens (tertiary/aromatic N) is 3. The number of aryl methyl sites for hydroxylation is 1. The van der Waals surface area contributed by atoms with E-state index < -0.39 is 0 Å². The van der Waals surface area contributed by atoms with Crippen LogP contribution in [0.2, 0.25) is 0 Å². The lowest BCUT2D eigenvalue weighted by Gasteiger charge is -2.32. The fourth-order valence-electron chi connectivity index (χ4n) is 2.38. The maximum absolute atomic E-state index is 11.9. The zero-order valence-electron chi connectivity index (χ0n) is 12.3. The van der Waals surface area contributed by atoms with Crippen LogP contribution in [0.25, 0.3) is 0 Å². The molecule has 5 heteroatoms.